The topological polar surface area (TPSA) is 96.2 Å². The normalized spacial score (nSPS) is 15.3. The zero-order chi connectivity index (χ0) is 18.2. The lowest BCUT2D eigenvalue weighted by Gasteiger charge is -2.22. The molecular weight excluding hydrogens is 359 g/mol. The molecule has 1 saturated carbocycles. The zero-order valence-corrected chi connectivity index (χ0v) is 15.8. The molecule has 2 rings (SSSR count). The van der Waals surface area contributed by atoms with E-state index in [1.807, 2.05) is 6.92 Å². The number of nitrogens with two attached hydrogens (primary N) is 1. The highest BCUT2D eigenvalue weighted by Gasteiger charge is 2.32. The van der Waals surface area contributed by atoms with Gasteiger partial charge in [0, 0.05) is 19.1 Å². The Hall–Kier alpha value is -1.86. The van der Waals surface area contributed by atoms with Crippen molar-refractivity contribution in [3.63, 3.8) is 0 Å². The van der Waals surface area contributed by atoms with Crippen LogP contribution in [-0.4, -0.2) is 30.6 Å². The average Bonchev–Trinajstić information content (AvgIpc) is 3.43. The number of urea groups is 1. The fourth-order valence-corrected chi connectivity index (χ4v) is 2.70. The van der Waals surface area contributed by atoms with Gasteiger partial charge in [-0.1, -0.05) is 25.5 Å². The van der Waals surface area contributed by atoms with Crippen LogP contribution in [0, 0.1) is 11.7 Å². The van der Waals surface area contributed by atoms with Gasteiger partial charge in [0.05, 0.1) is 0 Å². The van der Waals surface area contributed by atoms with E-state index in [1.165, 1.54) is 12.1 Å². The van der Waals surface area contributed by atoms with E-state index in [-0.39, 0.29) is 36.7 Å². The Morgan fingerprint density at radius 1 is 1.23 bits per heavy atom. The minimum atomic E-state index is -0.592. The highest BCUT2D eigenvalue weighted by molar-refractivity contribution is 5.87. The highest BCUT2D eigenvalue weighted by atomic mass is 35.5. The molecule has 0 saturated heterocycles. The molecule has 0 heterocycles. The Bertz CT molecular complexity index is 581. The molecule has 1 fully saturated rings. The van der Waals surface area contributed by atoms with E-state index < -0.39 is 12.1 Å². The summed E-state index contributed by atoms with van der Waals surface area (Å²) in [6, 6.07) is 4.86. The van der Waals surface area contributed by atoms with Crippen molar-refractivity contribution in [1.82, 2.24) is 16.0 Å². The van der Waals surface area contributed by atoms with Gasteiger partial charge in [0.15, 0.2) is 0 Å². The van der Waals surface area contributed by atoms with Gasteiger partial charge in [-0.15, -0.1) is 12.4 Å². The van der Waals surface area contributed by atoms with E-state index in [1.54, 1.807) is 12.1 Å². The first-order chi connectivity index (χ1) is 12.0. The monoisotopic (exact) mass is 386 g/mol. The SMILES string of the molecule is CCCC(NC(=O)NCc1ccc(F)cc1)C(=O)NC(CN)C1CC1.Cl. The number of carbonyl (C=O) groups is 2. The molecule has 3 amide bonds. The lowest BCUT2D eigenvalue weighted by atomic mass is 10.1. The van der Waals surface area contributed by atoms with Gasteiger partial charge >= 0.3 is 6.03 Å². The lowest BCUT2D eigenvalue weighted by Crippen LogP contribution is -2.53. The van der Waals surface area contributed by atoms with Crippen molar-refractivity contribution in [3.05, 3.63) is 35.6 Å². The molecule has 0 aromatic heterocycles. The van der Waals surface area contributed by atoms with E-state index >= 15 is 0 Å². The first-order valence-corrected chi connectivity index (χ1v) is 8.82. The Morgan fingerprint density at radius 2 is 1.88 bits per heavy atom. The summed E-state index contributed by atoms with van der Waals surface area (Å²) in [4.78, 5) is 24.5. The molecule has 1 aliphatic rings. The van der Waals surface area contributed by atoms with Crippen LogP contribution >= 0.6 is 12.4 Å². The van der Waals surface area contributed by atoms with Crippen LogP contribution < -0.4 is 21.7 Å². The molecular formula is C18H28ClFN4O2. The van der Waals surface area contributed by atoms with E-state index in [0.717, 1.165) is 24.8 Å². The van der Waals surface area contributed by atoms with Crippen LogP contribution in [0.4, 0.5) is 9.18 Å². The maximum atomic E-state index is 12.9. The average molecular weight is 387 g/mol. The van der Waals surface area contributed by atoms with Crippen molar-refractivity contribution in [1.29, 1.82) is 0 Å². The first-order valence-electron chi connectivity index (χ1n) is 8.82. The van der Waals surface area contributed by atoms with Gasteiger partial charge in [-0.05, 0) is 42.9 Å². The summed E-state index contributed by atoms with van der Waals surface area (Å²) in [5.74, 6) is -0.0531. The third-order valence-corrected chi connectivity index (χ3v) is 4.34. The van der Waals surface area contributed by atoms with E-state index in [0.29, 0.717) is 18.9 Å². The summed E-state index contributed by atoms with van der Waals surface area (Å²) >= 11 is 0. The Kier molecular flexibility index (Phi) is 9.37. The number of halogens is 2. The van der Waals surface area contributed by atoms with Crippen LogP contribution in [0.1, 0.15) is 38.2 Å². The van der Waals surface area contributed by atoms with Crippen LogP contribution in [-0.2, 0) is 11.3 Å². The van der Waals surface area contributed by atoms with Gasteiger partial charge in [-0.2, -0.15) is 0 Å². The predicted octanol–water partition coefficient (Wildman–Crippen LogP) is 2.07. The Morgan fingerprint density at radius 3 is 2.42 bits per heavy atom. The highest BCUT2D eigenvalue weighted by Crippen LogP contribution is 2.32. The van der Waals surface area contributed by atoms with Gasteiger partial charge in [0.1, 0.15) is 11.9 Å². The largest absolute Gasteiger partial charge is 0.350 e. The standard InChI is InChI=1S/C18H27FN4O2.ClH/c1-2-3-15(17(24)22-16(10-20)13-6-7-13)23-18(25)21-11-12-4-8-14(19)9-5-12;/h4-5,8-9,13,15-16H,2-3,6-7,10-11,20H2,1H3,(H,22,24)(H2,21,23,25);1H. The second kappa shape index (κ2) is 11.0. The molecule has 26 heavy (non-hydrogen) atoms. The Balaban J connectivity index is 0.00000338. The zero-order valence-electron chi connectivity index (χ0n) is 15.0. The fraction of sp³-hybridized carbons (Fsp3) is 0.556. The molecule has 2 atom stereocenters. The van der Waals surface area contributed by atoms with Crippen LogP contribution in [0.25, 0.3) is 0 Å². The minimum Gasteiger partial charge on any atom is -0.350 e. The predicted molar refractivity (Wildman–Crippen MR) is 101 cm³/mol. The van der Waals surface area contributed by atoms with E-state index in [2.05, 4.69) is 16.0 Å². The Labute approximate surface area is 159 Å². The quantitative estimate of drug-likeness (QED) is 0.523. The van der Waals surface area contributed by atoms with Crippen molar-refractivity contribution in [3.8, 4) is 0 Å². The van der Waals surface area contributed by atoms with Crippen molar-refractivity contribution in [2.45, 2.75) is 51.2 Å². The molecule has 0 radical (unpaired) electrons. The van der Waals surface area contributed by atoms with Crippen LogP contribution in [0.2, 0.25) is 0 Å². The van der Waals surface area contributed by atoms with Gasteiger partial charge in [0.25, 0.3) is 0 Å². The molecule has 1 aromatic carbocycles. The molecule has 6 nitrogen and oxygen atoms in total. The van der Waals surface area contributed by atoms with Crippen LogP contribution in [0.5, 0.6) is 0 Å². The second-order valence-electron chi connectivity index (χ2n) is 6.48. The maximum absolute atomic E-state index is 12.9. The number of benzene rings is 1. The lowest BCUT2D eigenvalue weighted by molar-refractivity contribution is -0.123. The molecule has 0 spiro atoms. The van der Waals surface area contributed by atoms with Crippen LogP contribution in [0.15, 0.2) is 24.3 Å². The number of hydrogen-bond acceptors (Lipinski definition) is 3. The molecule has 1 aliphatic carbocycles. The third-order valence-electron chi connectivity index (χ3n) is 4.34. The molecule has 1 aromatic rings. The van der Waals surface area contributed by atoms with Gasteiger partial charge in [-0.25, -0.2) is 9.18 Å². The van der Waals surface area contributed by atoms with Crippen molar-refractivity contribution in [2.75, 3.05) is 6.54 Å². The minimum absolute atomic E-state index is 0. The number of amides is 3. The number of carbonyl (C=O) groups excluding carboxylic acids is 2. The summed E-state index contributed by atoms with van der Waals surface area (Å²) in [7, 11) is 0. The summed E-state index contributed by atoms with van der Waals surface area (Å²) < 4.78 is 12.9. The fourth-order valence-electron chi connectivity index (χ4n) is 2.70. The molecule has 5 N–H and O–H groups in total. The van der Waals surface area contributed by atoms with Crippen molar-refractivity contribution < 1.29 is 14.0 Å². The van der Waals surface area contributed by atoms with Gasteiger partial charge in [0.2, 0.25) is 5.91 Å². The van der Waals surface area contributed by atoms with E-state index in [9.17, 15) is 14.0 Å². The summed E-state index contributed by atoms with van der Waals surface area (Å²) in [6.45, 7) is 2.63. The van der Waals surface area contributed by atoms with Gasteiger partial charge in [-0.3, -0.25) is 4.79 Å². The number of hydrogen-bond donors (Lipinski definition) is 4. The smallest absolute Gasteiger partial charge is 0.315 e. The second-order valence-corrected chi connectivity index (χ2v) is 6.48. The molecule has 146 valence electrons. The summed E-state index contributed by atoms with van der Waals surface area (Å²) in [5, 5.41) is 8.35. The third kappa shape index (κ3) is 7.17. The van der Waals surface area contributed by atoms with E-state index in [4.69, 9.17) is 5.73 Å². The molecule has 8 heteroatoms. The van der Waals surface area contributed by atoms with Crippen molar-refractivity contribution >= 4 is 24.3 Å². The molecule has 0 aliphatic heterocycles. The number of nitrogens with one attached hydrogen (secondary N) is 3. The maximum Gasteiger partial charge on any atom is 0.315 e. The van der Waals surface area contributed by atoms with Gasteiger partial charge < -0.3 is 21.7 Å². The molecule has 0 bridgehead atoms. The van der Waals surface area contributed by atoms with Crippen molar-refractivity contribution in [2.24, 2.45) is 11.7 Å². The number of rotatable bonds is 9. The summed E-state index contributed by atoms with van der Waals surface area (Å²) in [5.41, 5.74) is 6.50. The van der Waals surface area contributed by atoms with Crippen LogP contribution in [0.3, 0.4) is 0 Å². The summed E-state index contributed by atoms with van der Waals surface area (Å²) in [6.07, 6.45) is 3.50. The first kappa shape index (κ1) is 22.2. The molecule has 2 unspecified atom stereocenters.